The van der Waals surface area contributed by atoms with Crippen molar-refractivity contribution in [3.05, 3.63) is 63.0 Å². The summed E-state index contributed by atoms with van der Waals surface area (Å²) in [6, 6.07) is 9.46. The third kappa shape index (κ3) is 5.14. The Labute approximate surface area is 161 Å². The molecule has 0 aliphatic carbocycles. The summed E-state index contributed by atoms with van der Waals surface area (Å²) in [6.45, 7) is 0. The minimum absolute atomic E-state index is 0.176. The molecule has 2 N–H and O–H groups in total. The van der Waals surface area contributed by atoms with Gasteiger partial charge in [-0.15, -0.1) is 4.40 Å². The Morgan fingerprint density at radius 1 is 1.04 bits per heavy atom. The van der Waals surface area contributed by atoms with E-state index in [1.54, 1.807) is 24.3 Å². The fraction of sp³-hybridized carbons (Fsp3) is 0.118. The van der Waals surface area contributed by atoms with Crippen molar-refractivity contribution in [1.29, 1.82) is 0 Å². The van der Waals surface area contributed by atoms with Gasteiger partial charge in [-0.25, -0.2) is 0 Å². The third-order valence-electron chi connectivity index (χ3n) is 3.28. The van der Waals surface area contributed by atoms with Crippen molar-refractivity contribution in [2.24, 2.45) is 10.1 Å². The monoisotopic (exact) mass is 414 g/mol. The number of rotatable bonds is 6. The fourth-order valence-electron chi connectivity index (χ4n) is 2.00. The first kappa shape index (κ1) is 20.1. The van der Waals surface area contributed by atoms with Crippen LogP contribution in [0.4, 0.5) is 0 Å². The maximum atomic E-state index is 12.1. The molecular formula is C17H16Cl2N2O4S. The number of hydrogen-bond acceptors (Lipinski definition) is 4. The number of nitrogens with two attached hydrogens (primary N) is 1. The number of sulfonamides is 1. The van der Waals surface area contributed by atoms with Crippen LogP contribution in [0.3, 0.4) is 0 Å². The van der Waals surface area contributed by atoms with Gasteiger partial charge < -0.3 is 15.2 Å². The minimum Gasteiger partial charge on any atom is -0.493 e. The molecule has 9 heteroatoms. The molecule has 0 aliphatic heterocycles. The number of benzene rings is 2. The number of hydrogen-bond donors (Lipinski definition) is 1. The van der Waals surface area contributed by atoms with Crippen LogP contribution >= 0.6 is 23.2 Å². The molecule has 26 heavy (non-hydrogen) atoms. The number of amidine groups is 1. The molecular weight excluding hydrogens is 399 g/mol. The molecule has 0 atom stereocenters. The number of methoxy groups -OCH3 is 2. The van der Waals surface area contributed by atoms with Crippen molar-refractivity contribution < 1.29 is 17.9 Å². The van der Waals surface area contributed by atoms with Crippen molar-refractivity contribution in [2.75, 3.05) is 14.2 Å². The summed E-state index contributed by atoms with van der Waals surface area (Å²) >= 11 is 11.7. The van der Waals surface area contributed by atoms with Gasteiger partial charge in [0.05, 0.1) is 29.7 Å². The van der Waals surface area contributed by atoms with E-state index in [0.717, 1.165) is 5.41 Å². The highest BCUT2D eigenvalue weighted by atomic mass is 35.5. The van der Waals surface area contributed by atoms with E-state index in [1.807, 2.05) is 0 Å². The van der Waals surface area contributed by atoms with Gasteiger partial charge in [0.15, 0.2) is 11.5 Å². The van der Waals surface area contributed by atoms with Crippen LogP contribution in [-0.4, -0.2) is 28.5 Å². The van der Waals surface area contributed by atoms with Gasteiger partial charge in [-0.1, -0.05) is 29.3 Å². The Morgan fingerprint density at radius 3 is 2.35 bits per heavy atom. The van der Waals surface area contributed by atoms with E-state index < -0.39 is 10.0 Å². The van der Waals surface area contributed by atoms with Crippen LogP contribution in [0.1, 0.15) is 11.1 Å². The Balaban J connectivity index is 2.28. The first-order valence-corrected chi connectivity index (χ1v) is 9.47. The number of nitrogens with zero attached hydrogens (tertiary/aromatic N) is 1. The summed E-state index contributed by atoms with van der Waals surface area (Å²) in [7, 11) is -0.994. The summed E-state index contributed by atoms with van der Waals surface area (Å²) in [5.41, 5.74) is 6.75. The maximum Gasteiger partial charge on any atom is 0.277 e. The lowest BCUT2D eigenvalue weighted by atomic mass is 10.2. The molecule has 2 rings (SSSR count). The summed E-state index contributed by atoms with van der Waals surface area (Å²) in [5, 5.41) is 1.63. The van der Waals surface area contributed by atoms with Crippen LogP contribution in [0.5, 0.6) is 11.5 Å². The van der Waals surface area contributed by atoms with Crippen LogP contribution < -0.4 is 15.2 Å². The Bertz CT molecular complexity index is 973. The van der Waals surface area contributed by atoms with E-state index in [2.05, 4.69) is 4.40 Å². The average molecular weight is 415 g/mol. The molecule has 0 spiro atoms. The van der Waals surface area contributed by atoms with Gasteiger partial charge >= 0.3 is 0 Å². The second-order valence-electron chi connectivity index (χ2n) is 5.04. The van der Waals surface area contributed by atoms with Crippen LogP contribution in [0.15, 0.2) is 46.2 Å². The number of halogens is 2. The normalized spacial score (nSPS) is 12.4. The molecule has 2 aromatic rings. The molecule has 0 aromatic heterocycles. The predicted molar refractivity (Wildman–Crippen MR) is 105 cm³/mol. The SMILES string of the molecule is COc1ccc(/C(N)=N/S(=O)(=O)/C=C/c2ccc(Cl)c(Cl)c2)cc1OC. The van der Waals surface area contributed by atoms with Gasteiger partial charge in [0, 0.05) is 5.56 Å². The van der Waals surface area contributed by atoms with E-state index in [0.29, 0.717) is 32.7 Å². The molecule has 0 radical (unpaired) electrons. The molecule has 6 nitrogen and oxygen atoms in total. The average Bonchev–Trinajstić information content (AvgIpc) is 2.61. The van der Waals surface area contributed by atoms with Crippen molar-refractivity contribution in [3.8, 4) is 11.5 Å². The van der Waals surface area contributed by atoms with Gasteiger partial charge in [-0.05, 0) is 42.0 Å². The highest BCUT2D eigenvalue weighted by Crippen LogP contribution is 2.27. The lowest BCUT2D eigenvalue weighted by molar-refractivity contribution is 0.355. The Kier molecular flexibility index (Phi) is 6.52. The van der Waals surface area contributed by atoms with Gasteiger partial charge in [0.1, 0.15) is 5.84 Å². The summed E-state index contributed by atoms with van der Waals surface area (Å²) in [6.07, 6.45) is 1.35. The van der Waals surface area contributed by atoms with Crippen LogP contribution in [-0.2, 0) is 10.0 Å². The molecule has 0 amide bonds. The van der Waals surface area contributed by atoms with E-state index in [-0.39, 0.29) is 5.84 Å². The topological polar surface area (TPSA) is 91.0 Å². The maximum absolute atomic E-state index is 12.1. The van der Waals surface area contributed by atoms with E-state index in [9.17, 15) is 8.42 Å². The standard InChI is InChI=1S/C17H16Cl2N2O4S/c1-24-15-6-4-12(10-16(15)25-2)17(20)21-26(22,23)8-7-11-3-5-13(18)14(19)9-11/h3-10H,1-2H3,(H2,20,21)/b8-7+. The molecule has 0 unspecified atom stereocenters. The first-order chi connectivity index (χ1) is 12.3. The van der Waals surface area contributed by atoms with Crippen LogP contribution in [0.25, 0.3) is 6.08 Å². The molecule has 0 heterocycles. The smallest absolute Gasteiger partial charge is 0.277 e. The second kappa shape index (κ2) is 8.44. The quantitative estimate of drug-likeness (QED) is 0.574. The second-order valence-corrected chi connectivity index (χ2v) is 7.34. The van der Waals surface area contributed by atoms with Crippen LogP contribution in [0, 0.1) is 0 Å². The zero-order valence-corrected chi connectivity index (χ0v) is 16.3. The molecule has 0 fully saturated rings. The Morgan fingerprint density at radius 2 is 1.73 bits per heavy atom. The molecule has 0 aliphatic rings. The highest BCUT2D eigenvalue weighted by Gasteiger charge is 2.10. The summed E-state index contributed by atoms with van der Waals surface area (Å²) in [5.74, 6) is 0.725. The number of ether oxygens (including phenoxy) is 2. The van der Waals surface area contributed by atoms with E-state index in [1.165, 1.54) is 32.4 Å². The molecule has 2 aromatic carbocycles. The molecule has 0 saturated carbocycles. The lowest BCUT2D eigenvalue weighted by Crippen LogP contribution is -2.15. The summed E-state index contributed by atoms with van der Waals surface area (Å²) in [4.78, 5) is 0. The fourth-order valence-corrected chi connectivity index (χ4v) is 3.07. The largest absolute Gasteiger partial charge is 0.493 e. The van der Waals surface area contributed by atoms with Gasteiger partial charge in [0.2, 0.25) is 0 Å². The van der Waals surface area contributed by atoms with Gasteiger partial charge in [0.25, 0.3) is 10.0 Å². The summed E-state index contributed by atoms with van der Waals surface area (Å²) < 4.78 is 38.2. The minimum atomic E-state index is -3.95. The van der Waals surface area contributed by atoms with Gasteiger partial charge in [-0.3, -0.25) is 0 Å². The molecule has 138 valence electrons. The molecule has 0 bridgehead atoms. The highest BCUT2D eigenvalue weighted by molar-refractivity contribution is 7.93. The first-order valence-electron chi connectivity index (χ1n) is 7.21. The lowest BCUT2D eigenvalue weighted by Gasteiger charge is -2.09. The predicted octanol–water partition coefficient (Wildman–Crippen LogP) is 3.72. The third-order valence-corrected chi connectivity index (χ3v) is 4.95. The van der Waals surface area contributed by atoms with Crippen molar-refractivity contribution >= 4 is 45.1 Å². The molecule has 0 saturated heterocycles. The Hall–Kier alpha value is -2.22. The van der Waals surface area contributed by atoms with Crippen molar-refractivity contribution in [2.45, 2.75) is 0 Å². The van der Waals surface area contributed by atoms with E-state index in [4.69, 9.17) is 38.4 Å². The van der Waals surface area contributed by atoms with Crippen molar-refractivity contribution in [3.63, 3.8) is 0 Å². The zero-order valence-electron chi connectivity index (χ0n) is 13.9. The van der Waals surface area contributed by atoms with Gasteiger partial charge in [-0.2, -0.15) is 8.42 Å². The van der Waals surface area contributed by atoms with Crippen LogP contribution in [0.2, 0.25) is 10.0 Å². The zero-order chi connectivity index (χ0) is 19.3. The van der Waals surface area contributed by atoms with E-state index >= 15 is 0 Å². The van der Waals surface area contributed by atoms with Crippen molar-refractivity contribution in [1.82, 2.24) is 0 Å².